The van der Waals surface area contributed by atoms with Crippen LogP contribution in [0.4, 0.5) is 5.69 Å². The molecule has 0 aliphatic heterocycles. The van der Waals surface area contributed by atoms with E-state index < -0.39 is 0 Å². The fraction of sp³-hybridized carbons (Fsp3) is 0.0667. The molecule has 0 atom stereocenters. The van der Waals surface area contributed by atoms with Gasteiger partial charge in [-0.1, -0.05) is 23.4 Å². The number of benzene rings is 2. The lowest BCUT2D eigenvalue weighted by Crippen LogP contribution is -2.14. The van der Waals surface area contributed by atoms with E-state index in [2.05, 4.69) is 10.5 Å². The van der Waals surface area contributed by atoms with Crippen LogP contribution in [0.3, 0.4) is 0 Å². The van der Waals surface area contributed by atoms with Crippen molar-refractivity contribution in [1.29, 1.82) is 0 Å². The van der Waals surface area contributed by atoms with Crippen LogP contribution in [0.25, 0.3) is 0 Å². The maximum Gasteiger partial charge on any atom is 0.255 e. The molecular formula is C15H13IN2O3. The number of phenols is 1. The molecule has 0 heterocycles. The van der Waals surface area contributed by atoms with Crippen LogP contribution < -0.4 is 5.32 Å². The summed E-state index contributed by atoms with van der Waals surface area (Å²) in [5.41, 5.74) is 1.91. The predicted molar refractivity (Wildman–Crippen MR) is 89.2 cm³/mol. The van der Waals surface area contributed by atoms with Crippen molar-refractivity contribution in [2.75, 3.05) is 5.32 Å². The Balaban J connectivity index is 2.30. The van der Waals surface area contributed by atoms with Crippen molar-refractivity contribution in [3.8, 4) is 5.75 Å². The van der Waals surface area contributed by atoms with Crippen LogP contribution in [0.1, 0.15) is 22.8 Å². The summed E-state index contributed by atoms with van der Waals surface area (Å²) in [7, 11) is 0. The van der Waals surface area contributed by atoms with Gasteiger partial charge in [0.15, 0.2) is 0 Å². The second kappa shape index (κ2) is 6.57. The van der Waals surface area contributed by atoms with Gasteiger partial charge in [-0.15, -0.1) is 0 Å². The van der Waals surface area contributed by atoms with Crippen molar-refractivity contribution in [3.05, 3.63) is 57.2 Å². The number of aromatic hydroxyl groups is 1. The topological polar surface area (TPSA) is 81.9 Å². The number of rotatable bonds is 3. The number of oxime groups is 1. The van der Waals surface area contributed by atoms with E-state index in [1.807, 2.05) is 22.6 Å². The van der Waals surface area contributed by atoms with E-state index in [4.69, 9.17) is 5.21 Å². The zero-order chi connectivity index (χ0) is 15.4. The van der Waals surface area contributed by atoms with Crippen molar-refractivity contribution in [1.82, 2.24) is 0 Å². The van der Waals surface area contributed by atoms with E-state index >= 15 is 0 Å². The highest BCUT2D eigenvalue weighted by molar-refractivity contribution is 14.1. The molecule has 0 aliphatic carbocycles. The lowest BCUT2D eigenvalue weighted by molar-refractivity contribution is 0.102. The molecule has 6 heteroatoms. The van der Waals surface area contributed by atoms with Gasteiger partial charge in [-0.3, -0.25) is 4.79 Å². The van der Waals surface area contributed by atoms with Crippen molar-refractivity contribution >= 4 is 39.9 Å². The third-order valence-corrected chi connectivity index (χ3v) is 3.84. The Labute approximate surface area is 135 Å². The Morgan fingerprint density at radius 1 is 1.24 bits per heavy atom. The zero-order valence-corrected chi connectivity index (χ0v) is 13.3. The van der Waals surface area contributed by atoms with Gasteiger partial charge in [-0.2, -0.15) is 0 Å². The SMILES string of the molecule is C/C(=N/O)c1ccccc1NC(=O)c1ccc(I)c(O)c1. The molecule has 3 N–H and O–H groups in total. The fourth-order valence-corrected chi connectivity index (χ4v) is 2.15. The minimum absolute atomic E-state index is 0.0598. The fourth-order valence-electron chi connectivity index (χ4n) is 1.81. The number of nitrogens with zero attached hydrogens (tertiary/aromatic N) is 1. The van der Waals surface area contributed by atoms with Crippen LogP contribution in [-0.4, -0.2) is 21.9 Å². The number of halogens is 1. The van der Waals surface area contributed by atoms with Crippen LogP contribution in [0, 0.1) is 3.57 Å². The minimum Gasteiger partial charge on any atom is -0.507 e. The lowest BCUT2D eigenvalue weighted by atomic mass is 10.1. The van der Waals surface area contributed by atoms with E-state index in [0.29, 0.717) is 26.1 Å². The summed E-state index contributed by atoms with van der Waals surface area (Å²) in [6, 6.07) is 11.7. The van der Waals surface area contributed by atoms with Crippen molar-refractivity contribution in [2.24, 2.45) is 5.16 Å². The maximum absolute atomic E-state index is 12.2. The summed E-state index contributed by atoms with van der Waals surface area (Å²) in [6.07, 6.45) is 0. The molecule has 5 nitrogen and oxygen atoms in total. The first-order chi connectivity index (χ1) is 10.0. The molecule has 0 fully saturated rings. The highest BCUT2D eigenvalue weighted by Crippen LogP contribution is 2.22. The summed E-state index contributed by atoms with van der Waals surface area (Å²) < 4.78 is 0.674. The van der Waals surface area contributed by atoms with E-state index in [1.165, 1.54) is 6.07 Å². The number of hydrogen-bond donors (Lipinski definition) is 3. The van der Waals surface area contributed by atoms with Gasteiger partial charge >= 0.3 is 0 Å². The normalized spacial score (nSPS) is 11.2. The quantitative estimate of drug-likeness (QED) is 0.322. The molecule has 0 spiro atoms. The molecule has 0 unspecified atom stereocenters. The average Bonchev–Trinajstić information content (AvgIpc) is 2.49. The maximum atomic E-state index is 12.2. The Morgan fingerprint density at radius 2 is 1.95 bits per heavy atom. The number of anilines is 1. The number of nitrogens with one attached hydrogen (secondary N) is 1. The molecule has 0 bridgehead atoms. The number of hydrogen-bond acceptors (Lipinski definition) is 4. The first-order valence-corrected chi connectivity index (χ1v) is 7.18. The molecule has 0 radical (unpaired) electrons. The largest absolute Gasteiger partial charge is 0.507 e. The third-order valence-electron chi connectivity index (χ3n) is 2.92. The van der Waals surface area contributed by atoms with E-state index in [1.54, 1.807) is 43.3 Å². The van der Waals surface area contributed by atoms with E-state index in [0.717, 1.165) is 0 Å². The van der Waals surface area contributed by atoms with Gasteiger partial charge < -0.3 is 15.6 Å². The zero-order valence-electron chi connectivity index (χ0n) is 11.2. The molecule has 1 amide bonds. The van der Waals surface area contributed by atoms with Crippen LogP contribution in [0.15, 0.2) is 47.6 Å². The number of phenolic OH excluding ortho intramolecular Hbond substituents is 1. The second-order valence-electron chi connectivity index (χ2n) is 4.35. The molecule has 0 saturated carbocycles. The summed E-state index contributed by atoms with van der Waals surface area (Å²) >= 11 is 1.98. The average molecular weight is 396 g/mol. The van der Waals surface area contributed by atoms with Gasteiger partial charge in [0.2, 0.25) is 0 Å². The van der Waals surface area contributed by atoms with Gasteiger partial charge in [0.1, 0.15) is 5.75 Å². The van der Waals surface area contributed by atoms with Crippen molar-refractivity contribution in [3.63, 3.8) is 0 Å². The highest BCUT2D eigenvalue weighted by atomic mass is 127. The van der Waals surface area contributed by atoms with Gasteiger partial charge in [0.05, 0.1) is 15.0 Å². The highest BCUT2D eigenvalue weighted by Gasteiger charge is 2.12. The first-order valence-electron chi connectivity index (χ1n) is 6.11. The van der Waals surface area contributed by atoms with Gasteiger partial charge in [0.25, 0.3) is 5.91 Å². The molecular weight excluding hydrogens is 383 g/mol. The molecule has 108 valence electrons. The number of carbonyl (C=O) groups excluding carboxylic acids is 1. The van der Waals surface area contributed by atoms with Crippen LogP contribution in [0.5, 0.6) is 5.75 Å². The monoisotopic (exact) mass is 396 g/mol. The molecule has 2 aromatic rings. The summed E-state index contributed by atoms with van der Waals surface area (Å²) in [4.78, 5) is 12.2. The number of carbonyl (C=O) groups is 1. The van der Waals surface area contributed by atoms with Crippen LogP contribution in [0.2, 0.25) is 0 Å². The number of amides is 1. The van der Waals surface area contributed by atoms with Crippen LogP contribution in [-0.2, 0) is 0 Å². The Kier molecular flexibility index (Phi) is 4.79. The molecule has 0 aliphatic rings. The van der Waals surface area contributed by atoms with Gasteiger partial charge in [-0.05, 0) is 53.8 Å². The standard InChI is InChI=1S/C15H13IN2O3/c1-9(18-21)11-4-2-3-5-13(11)17-15(20)10-6-7-12(16)14(19)8-10/h2-8,19,21H,1H3,(H,17,20)/b18-9-. The summed E-state index contributed by atoms with van der Waals surface area (Å²) in [5.74, 6) is -0.287. The smallest absolute Gasteiger partial charge is 0.255 e. The van der Waals surface area contributed by atoms with Gasteiger partial charge in [0, 0.05) is 11.1 Å². The van der Waals surface area contributed by atoms with E-state index in [-0.39, 0.29) is 11.7 Å². The molecule has 2 aromatic carbocycles. The molecule has 0 saturated heterocycles. The van der Waals surface area contributed by atoms with E-state index in [9.17, 15) is 9.90 Å². The number of para-hydroxylation sites is 1. The Bertz CT molecular complexity index is 714. The van der Waals surface area contributed by atoms with Crippen LogP contribution >= 0.6 is 22.6 Å². The summed E-state index contributed by atoms with van der Waals surface area (Å²) in [6.45, 7) is 1.64. The minimum atomic E-state index is -0.347. The Hall–Kier alpha value is -2.09. The Morgan fingerprint density at radius 3 is 2.62 bits per heavy atom. The first kappa shape index (κ1) is 15.3. The summed E-state index contributed by atoms with van der Waals surface area (Å²) in [5, 5.41) is 24.4. The predicted octanol–water partition coefficient (Wildman–Crippen LogP) is 3.45. The second-order valence-corrected chi connectivity index (χ2v) is 5.51. The molecule has 0 aromatic heterocycles. The molecule has 21 heavy (non-hydrogen) atoms. The van der Waals surface area contributed by atoms with Gasteiger partial charge in [-0.25, -0.2) is 0 Å². The lowest BCUT2D eigenvalue weighted by Gasteiger charge is -2.10. The molecule has 2 rings (SSSR count). The van der Waals surface area contributed by atoms with Crippen molar-refractivity contribution in [2.45, 2.75) is 6.92 Å². The third kappa shape index (κ3) is 3.52. The van der Waals surface area contributed by atoms with Crippen molar-refractivity contribution < 1.29 is 15.1 Å².